The second-order valence-corrected chi connectivity index (χ2v) is 3.74. The molecule has 0 bridgehead atoms. The molecule has 0 aliphatic carbocycles. The maximum Gasteiger partial charge on any atom is 0.125 e. The van der Waals surface area contributed by atoms with Crippen molar-refractivity contribution in [3.63, 3.8) is 0 Å². The summed E-state index contributed by atoms with van der Waals surface area (Å²) in [5.41, 5.74) is 1.04. The van der Waals surface area contributed by atoms with Crippen LogP contribution < -0.4 is 5.32 Å². The average Bonchev–Trinajstić information content (AvgIpc) is 2.28. The standard InChI is InChI=1S/C12H21N3O/c1-3-8-16-9-4-6-13-10-12-5-7-14-11(2)15-12/h5,7,13H,3-4,6,8-10H2,1-2H3. The molecule has 1 rings (SSSR count). The Kier molecular flexibility index (Phi) is 6.69. The van der Waals surface area contributed by atoms with Crippen molar-refractivity contribution < 1.29 is 4.74 Å². The number of hydrogen-bond donors (Lipinski definition) is 1. The van der Waals surface area contributed by atoms with Crippen LogP contribution in [0, 0.1) is 6.92 Å². The van der Waals surface area contributed by atoms with E-state index >= 15 is 0 Å². The molecule has 4 heteroatoms. The third-order valence-electron chi connectivity index (χ3n) is 2.13. The fourth-order valence-corrected chi connectivity index (χ4v) is 1.37. The zero-order valence-corrected chi connectivity index (χ0v) is 10.2. The van der Waals surface area contributed by atoms with Gasteiger partial charge in [-0.1, -0.05) is 6.92 Å². The van der Waals surface area contributed by atoms with Gasteiger partial charge >= 0.3 is 0 Å². The number of nitrogens with zero attached hydrogens (tertiary/aromatic N) is 2. The molecular weight excluding hydrogens is 202 g/mol. The predicted octanol–water partition coefficient (Wildman–Crippen LogP) is 1.69. The summed E-state index contributed by atoms with van der Waals surface area (Å²) in [6, 6.07) is 1.94. The molecule has 0 radical (unpaired) electrons. The van der Waals surface area contributed by atoms with Crippen molar-refractivity contribution in [1.82, 2.24) is 15.3 Å². The monoisotopic (exact) mass is 223 g/mol. The first kappa shape index (κ1) is 13.1. The summed E-state index contributed by atoms with van der Waals surface area (Å²) in [5, 5.41) is 3.34. The third kappa shape index (κ3) is 5.78. The van der Waals surface area contributed by atoms with E-state index in [1.807, 2.05) is 13.0 Å². The van der Waals surface area contributed by atoms with Gasteiger partial charge < -0.3 is 10.1 Å². The number of hydrogen-bond acceptors (Lipinski definition) is 4. The van der Waals surface area contributed by atoms with E-state index in [2.05, 4.69) is 22.2 Å². The highest BCUT2D eigenvalue weighted by Crippen LogP contribution is 1.93. The van der Waals surface area contributed by atoms with Crippen LogP contribution in [0.25, 0.3) is 0 Å². The first-order chi connectivity index (χ1) is 7.83. The zero-order valence-electron chi connectivity index (χ0n) is 10.2. The van der Waals surface area contributed by atoms with Crippen molar-refractivity contribution in [3.8, 4) is 0 Å². The quantitative estimate of drug-likeness (QED) is 0.681. The van der Waals surface area contributed by atoms with Gasteiger partial charge in [0.2, 0.25) is 0 Å². The van der Waals surface area contributed by atoms with Crippen LogP contribution in [0.3, 0.4) is 0 Å². The van der Waals surface area contributed by atoms with Gasteiger partial charge in [-0.2, -0.15) is 0 Å². The highest BCUT2D eigenvalue weighted by Gasteiger charge is 1.95. The Morgan fingerprint density at radius 3 is 3.00 bits per heavy atom. The Bertz CT molecular complexity index is 291. The van der Waals surface area contributed by atoms with E-state index in [1.165, 1.54) is 0 Å². The lowest BCUT2D eigenvalue weighted by molar-refractivity contribution is 0.132. The maximum atomic E-state index is 5.39. The van der Waals surface area contributed by atoms with Gasteiger partial charge in [-0.05, 0) is 32.4 Å². The first-order valence-electron chi connectivity index (χ1n) is 5.90. The summed E-state index contributed by atoms with van der Waals surface area (Å²) < 4.78 is 5.39. The Morgan fingerprint density at radius 1 is 1.38 bits per heavy atom. The summed E-state index contributed by atoms with van der Waals surface area (Å²) in [4.78, 5) is 8.37. The molecule has 0 saturated carbocycles. The van der Waals surface area contributed by atoms with E-state index in [-0.39, 0.29) is 0 Å². The Morgan fingerprint density at radius 2 is 2.25 bits per heavy atom. The van der Waals surface area contributed by atoms with Crippen LogP contribution in [0.1, 0.15) is 31.3 Å². The Hall–Kier alpha value is -1.00. The molecular formula is C12H21N3O. The van der Waals surface area contributed by atoms with Crippen LogP contribution in [0.5, 0.6) is 0 Å². The van der Waals surface area contributed by atoms with Crippen molar-refractivity contribution in [2.24, 2.45) is 0 Å². The van der Waals surface area contributed by atoms with Gasteiger partial charge in [-0.25, -0.2) is 9.97 Å². The minimum absolute atomic E-state index is 0.803. The average molecular weight is 223 g/mol. The fourth-order valence-electron chi connectivity index (χ4n) is 1.37. The second-order valence-electron chi connectivity index (χ2n) is 3.74. The Balaban J connectivity index is 2.03. The summed E-state index contributed by atoms with van der Waals surface area (Å²) in [5.74, 6) is 0.825. The van der Waals surface area contributed by atoms with Crippen LogP contribution >= 0.6 is 0 Å². The normalized spacial score (nSPS) is 10.6. The number of ether oxygens (including phenoxy) is 1. The third-order valence-corrected chi connectivity index (χ3v) is 2.13. The summed E-state index contributed by atoms with van der Waals surface area (Å²) >= 11 is 0. The van der Waals surface area contributed by atoms with Crippen molar-refractivity contribution in [3.05, 3.63) is 23.8 Å². The van der Waals surface area contributed by atoms with Crippen LogP contribution in [0.15, 0.2) is 12.3 Å². The van der Waals surface area contributed by atoms with Crippen LogP contribution in [0.4, 0.5) is 0 Å². The van der Waals surface area contributed by atoms with Gasteiger partial charge in [-0.3, -0.25) is 0 Å². The highest BCUT2D eigenvalue weighted by molar-refractivity contribution is 5.00. The number of aromatic nitrogens is 2. The summed E-state index contributed by atoms with van der Waals surface area (Å²) in [6.07, 6.45) is 3.93. The second kappa shape index (κ2) is 8.19. The van der Waals surface area contributed by atoms with Gasteiger partial charge in [0.1, 0.15) is 5.82 Å². The van der Waals surface area contributed by atoms with Gasteiger partial charge in [0.25, 0.3) is 0 Å². The lowest BCUT2D eigenvalue weighted by atomic mass is 10.3. The van der Waals surface area contributed by atoms with E-state index in [9.17, 15) is 0 Å². The SMILES string of the molecule is CCCOCCCNCc1ccnc(C)n1. The van der Waals surface area contributed by atoms with Crippen molar-refractivity contribution in [1.29, 1.82) is 0 Å². The van der Waals surface area contributed by atoms with Gasteiger partial charge in [-0.15, -0.1) is 0 Å². The van der Waals surface area contributed by atoms with Gasteiger partial charge in [0, 0.05) is 26.0 Å². The first-order valence-corrected chi connectivity index (χ1v) is 5.90. The number of rotatable bonds is 8. The molecule has 1 heterocycles. The van der Waals surface area contributed by atoms with E-state index in [0.717, 1.165) is 50.7 Å². The van der Waals surface area contributed by atoms with Gasteiger partial charge in [0.05, 0.1) is 5.69 Å². The fraction of sp³-hybridized carbons (Fsp3) is 0.667. The van der Waals surface area contributed by atoms with E-state index < -0.39 is 0 Å². The Labute approximate surface area is 97.5 Å². The van der Waals surface area contributed by atoms with Crippen molar-refractivity contribution >= 4 is 0 Å². The molecule has 4 nitrogen and oxygen atoms in total. The molecule has 1 aromatic heterocycles. The molecule has 0 aliphatic rings. The van der Waals surface area contributed by atoms with Crippen LogP contribution in [-0.4, -0.2) is 29.7 Å². The van der Waals surface area contributed by atoms with Gasteiger partial charge in [0.15, 0.2) is 0 Å². The molecule has 1 N–H and O–H groups in total. The van der Waals surface area contributed by atoms with Crippen molar-refractivity contribution in [2.45, 2.75) is 33.2 Å². The van der Waals surface area contributed by atoms with Crippen molar-refractivity contribution in [2.75, 3.05) is 19.8 Å². The molecule has 0 unspecified atom stereocenters. The molecule has 0 saturated heterocycles. The van der Waals surface area contributed by atoms with E-state index in [4.69, 9.17) is 4.74 Å². The maximum absolute atomic E-state index is 5.39. The molecule has 0 spiro atoms. The minimum atomic E-state index is 0.803. The molecule has 90 valence electrons. The molecule has 0 amide bonds. The number of nitrogens with one attached hydrogen (secondary N) is 1. The minimum Gasteiger partial charge on any atom is -0.381 e. The zero-order chi connectivity index (χ0) is 11.6. The summed E-state index contributed by atoms with van der Waals surface area (Å²) in [6.45, 7) is 7.50. The smallest absolute Gasteiger partial charge is 0.125 e. The molecule has 0 aliphatic heterocycles. The molecule has 0 fully saturated rings. The van der Waals surface area contributed by atoms with E-state index in [0.29, 0.717) is 0 Å². The summed E-state index contributed by atoms with van der Waals surface area (Å²) in [7, 11) is 0. The largest absolute Gasteiger partial charge is 0.381 e. The van der Waals surface area contributed by atoms with E-state index in [1.54, 1.807) is 6.20 Å². The molecule has 1 aromatic rings. The predicted molar refractivity (Wildman–Crippen MR) is 64.2 cm³/mol. The topological polar surface area (TPSA) is 47.0 Å². The highest BCUT2D eigenvalue weighted by atomic mass is 16.5. The molecule has 16 heavy (non-hydrogen) atoms. The molecule has 0 aromatic carbocycles. The van der Waals surface area contributed by atoms with Crippen LogP contribution in [-0.2, 0) is 11.3 Å². The number of aryl methyl sites for hydroxylation is 1. The lowest BCUT2D eigenvalue weighted by Crippen LogP contribution is -2.17. The molecule has 0 atom stereocenters. The van der Waals surface area contributed by atoms with Crippen LogP contribution in [0.2, 0.25) is 0 Å². The lowest BCUT2D eigenvalue weighted by Gasteiger charge is -2.05.